The fraction of sp³-hybridized carbons (Fsp3) is 0.259. The van der Waals surface area contributed by atoms with Gasteiger partial charge in [0, 0.05) is 37.3 Å². The minimum absolute atomic E-state index is 0.714. The Hall–Kier alpha value is -3.80. The summed E-state index contributed by atoms with van der Waals surface area (Å²) in [6.45, 7) is 6.69. The van der Waals surface area contributed by atoms with E-state index in [1.807, 2.05) is 0 Å². The first kappa shape index (κ1) is 19.9. The fourth-order valence-electron chi connectivity index (χ4n) is 5.03. The third-order valence-electron chi connectivity index (χ3n) is 6.84. The summed E-state index contributed by atoms with van der Waals surface area (Å²) in [6.07, 6.45) is 2.74. The molecule has 2 N–H and O–H groups in total. The number of benzene rings is 3. The van der Waals surface area contributed by atoms with Crippen LogP contribution < -0.4 is 20.4 Å². The number of hydrogen-bond acceptors (Lipinski definition) is 6. The van der Waals surface area contributed by atoms with Gasteiger partial charge < -0.3 is 20.4 Å². The van der Waals surface area contributed by atoms with E-state index >= 15 is 0 Å². The SMILES string of the molecule is CCN1CNc2cc3c(NCc4ccccc4N4CCc5ccccc5C4)ncnc3cc21. The highest BCUT2D eigenvalue weighted by Crippen LogP contribution is 2.36. The highest BCUT2D eigenvalue weighted by atomic mass is 15.3. The van der Waals surface area contributed by atoms with Crippen molar-refractivity contribution in [3.63, 3.8) is 0 Å². The van der Waals surface area contributed by atoms with Crippen LogP contribution in [0.5, 0.6) is 0 Å². The number of para-hydroxylation sites is 1. The van der Waals surface area contributed by atoms with Gasteiger partial charge >= 0.3 is 0 Å². The second kappa shape index (κ2) is 8.28. The Morgan fingerprint density at radius 1 is 0.970 bits per heavy atom. The summed E-state index contributed by atoms with van der Waals surface area (Å²) in [5.74, 6) is 0.873. The van der Waals surface area contributed by atoms with Gasteiger partial charge in [0.2, 0.25) is 0 Å². The van der Waals surface area contributed by atoms with Crippen LogP contribution in [0.25, 0.3) is 10.9 Å². The summed E-state index contributed by atoms with van der Waals surface area (Å²) in [5.41, 5.74) is 8.80. The fourth-order valence-corrected chi connectivity index (χ4v) is 5.03. The van der Waals surface area contributed by atoms with Crippen molar-refractivity contribution in [2.75, 3.05) is 40.2 Å². The monoisotopic (exact) mass is 436 g/mol. The summed E-state index contributed by atoms with van der Waals surface area (Å²) in [4.78, 5) is 13.9. The van der Waals surface area contributed by atoms with Crippen LogP contribution in [0, 0.1) is 0 Å². The van der Waals surface area contributed by atoms with Gasteiger partial charge in [0.25, 0.3) is 0 Å². The highest BCUT2D eigenvalue weighted by molar-refractivity contribution is 5.97. The van der Waals surface area contributed by atoms with E-state index in [9.17, 15) is 0 Å². The maximum absolute atomic E-state index is 4.58. The third kappa shape index (κ3) is 3.61. The van der Waals surface area contributed by atoms with Crippen molar-refractivity contribution in [2.24, 2.45) is 0 Å². The number of nitrogens with one attached hydrogen (secondary N) is 2. The molecule has 0 atom stereocenters. The molecule has 3 aromatic carbocycles. The number of anilines is 4. The number of fused-ring (bicyclic) bond motifs is 3. The number of nitrogens with zero attached hydrogens (tertiary/aromatic N) is 4. The lowest BCUT2D eigenvalue weighted by Crippen LogP contribution is -2.31. The molecule has 0 spiro atoms. The zero-order chi connectivity index (χ0) is 22.2. The lowest BCUT2D eigenvalue weighted by atomic mass is 9.98. The quantitative estimate of drug-likeness (QED) is 0.458. The molecule has 0 radical (unpaired) electrons. The predicted octanol–water partition coefficient (Wildman–Crippen LogP) is 5.01. The number of hydrogen-bond donors (Lipinski definition) is 2. The molecule has 33 heavy (non-hydrogen) atoms. The molecule has 0 fully saturated rings. The summed E-state index contributed by atoms with van der Waals surface area (Å²) >= 11 is 0. The second-order valence-corrected chi connectivity index (χ2v) is 8.72. The molecule has 0 unspecified atom stereocenters. The van der Waals surface area contributed by atoms with Crippen molar-refractivity contribution < 1.29 is 0 Å². The van der Waals surface area contributed by atoms with Gasteiger partial charge in [0.05, 0.1) is 23.6 Å². The van der Waals surface area contributed by atoms with Crippen molar-refractivity contribution >= 4 is 33.8 Å². The Morgan fingerprint density at radius 2 is 1.82 bits per heavy atom. The van der Waals surface area contributed by atoms with E-state index < -0.39 is 0 Å². The van der Waals surface area contributed by atoms with Crippen molar-refractivity contribution in [3.05, 3.63) is 83.7 Å². The minimum Gasteiger partial charge on any atom is -0.367 e. The minimum atomic E-state index is 0.714. The van der Waals surface area contributed by atoms with Crippen LogP contribution in [0.2, 0.25) is 0 Å². The van der Waals surface area contributed by atoms with Crippen LogP contribution in [-0.4, -0.2) is 29.7 Å². The molecule has 166 valence electrons. The summed E-state index contributed by atoms with van der Waals surface area (Å²) in [7, 11) is 0. The Morgan fingerprint density at radius 3 is 2.73 bits per heavy atom. The Bertz CT molecular complexity index is 1320. The summed E-state index contributed by atoms with van der Waals surface area (Å²) in [5, 5.41) is 8.14. The molecule has 0 saturated heterocycles. The van der Waals surface area contributed by atoms with Gasteiger partial charge in [0.15, 0.2) is 0 Å². The van der Waals surface area contributed by atoms with Gasteiger partial charge in [-0.15, -0.1) is 0 Å². The Labute approximate surface area is 194 Å². The summed E-state index contributed by atoms with van der Waals surface area (Å²) in [6, 6.07) is 21.8. The topological polar surface area (TPSA) is 56.3 Å². The predicted molar refractivity (Wildman–Crippen MR) is 136 cm³/mol. The largest absolute Gasteiger partial charge is 0.367 e. The standard InChI is InChI=1S/C27H28N6/c1-2-32-18-31-24-13-22-23(14-26(24)32)29-17-30-27(22)28-15-20-8-5-6-10-25(20)33-12-11-19-7-3-4-9-21(19)16-33/h3-10,13-14,17,31H,2,11-12,15-16,18H2,1H3,(H,28,29,30). The molecule has 4 aromatic rings. The lowest BCUT2D eigenvalue weighted by molar-refractivity contribution is 0.728. The van der Waals surface area contributed by atoms with E-state index in [4.69, 9.17) is 0 Å². The molecular formula is C27H28N6. The first-order valence-electron chi connectivity index (χ1n) is 11.7. The molecule has 3 heterocycles. The Kier molecular flexibility index (Phi) is 4.98. The highest BCUT2D eigenvalue weighted by Gasteiger charge is 2.20. The smallest absolute Gasteiger partial charge is 0.137 e. The van der Waals surface area contributed by atoms with Crippen LogP contribution in [0.4, 0.5) is 22.9 Å². The maximum atomic E-state index is 4.58. The van der Waals surface area contributed by atoms with E-state index in [1.54, 1.807) is 6.33 Å². The van der Waals surface area contributed by atoms with Crippen molar-refractivity contribution in [1.82, 2.24) is 9.97 Å². The van der Waals surface area contributed by atoms with Gasteiger partial charge in [-0.25, -0.2) is 9.97 Å². The molecule has 6 nitrogen and oxygen atoms in total. The van der Waals surface area contributed by atoms with Gasteiger partial charge in [-0.05, 0) is 48.2 Å². The van der Waals surface area contributed by atoms with Gasteiger partial charge in [-0.1, -0.05) is 42.5 Å². The molecule has 1 aromatic heterocycles. The van der Waals surface area contributed by atoms with Crippen LogP contribution in [0.1, 0.15) is 23.6 Å². The van der Waals surface area contributed by atoms with E-state index in [0.29, 0.717) is 6.54 Å². The molecular weight excluding hydrogens is 408 g/mol. The average molecular weight is 437 g/mol. The molecule has 2 aliphatic heterocycles. The van der Waals surface area contributed by atoms with Crippen LogP contribution in [0.15, 0.2) is 67.0 Å². The Balaban J connectivity index is 1.27. The van der Waals surface area contributed by atoms with E-state index in [0.717, 1.165) is 55.1 Å². The molecule has 6 rings (SSSR count). The second-order valence-electron chi connectivity index (χ2n) is 8.72. The molecule has 0 amide bonds. The number of rotatable bonds is 5. The van der Waals surface area contributed by atoms with Crippen LogP contribution >= 0.6 is 0 Å². The summed E-state index contributed by atoms with van der Waals surface area (Å²) < 4.78 is 0. The zero-order valence-electron chi connectivity index (χ0n) is 18.9. The number of aromatic nitrogens is 2. The maximum Gasteiger partial charge on any atom is 0.137 e. The molecule has 6 heteroatoms. The lowest BCUT2D eigenvalue weighted by Gasteiger charge is -2.32. The van der Waals surface area contributed by atoms with Crippen LogP contribution in [-0.2, 0) is 19.5 Å². The van der Waals surface area contributed by atoms with E-state index in [2.05, 4.69) is 98.0 Å². The van der Waals surface area contributed by atoms with Crippen molar-refractivity contribution in [1.29, 1.82) is 0 Å². The average Bonchev–Trinajstić information content (AvgIpc) is 3.28. The normalized spacial score (nSPS) is 14.7. The molecule has 0 saturated carbocycles. The van der Waals surface area contributed by atoms with Gasteiger partial charge in [-0.2, -0.15) is 0 Å². The molecule has 0 aliphatic carbocycles. The first-order valence-corrected chi connectivity index (χ1v) is 11.7. The zero-order valence-corrected chi connectivity index (χ0v) is 18.9. The van der Waals surface area contributed by atoms with Gasteiger partial charge in [-0.3, -0.25) is 0 Å². The van der Waals surface area contributed by atoms with E-state index in [-0.39, 0.29) is 0 Å². The van der Waals surface area contributed by atoms with Crippen molar-refractivity contribution in [2.45, 2.75) is 26.4 Å². The van der Waals surface area contributed by atoms with Crippen LogP contribution in [0.3, 0.4) is 0 Å². The molecule has 2 aliphatic rings. The molecule has 0 bridgehead atoms. The third-order valence-corrected chi connectivity index (χ3v) is 6.84. The first-order chi connectivity index (χ1) is 16.3. The van der Waals surface area contributed by atoms with E-state index in [1.165, 1.54) is 28.1 Å². The van der Waals surface area contributed by atoms with Crippen molar-refractivity contribution in [3.8, 4) is 0 Å². The van der Waals surface area contributed by atoms with Gasteiger partial charge in [0.1, 0.15) is 12.1 Å².